The number of aryl methyl sites for hydroxylation is 2. The summed E-state index contributed by atoms with van der Waals surface area (Å²) in [5, 5.41) is 0. The molecule has 0 saturated carbocycles. The number of amides is 2. The summed E-state index contributed by atoms with van der Waals surface area (Å²) in [6.07, 6.45) is 3.35. The highest BCUT2D eigenvalue weighted by molar-refractivity contribution is 5.96. The molecule has 2 aromatic rings. The van der Waals surface area contributed by atoms with Crippen molar-refractivity contribution in [2.75, 3.05) is 33.0 Å². The summed E-state index contributed by atoms with van der Waals surface area (Å²) in [7, 11) is 0. The molecule has 0 N–H and O–H groups in total. The first-order valence-electron chi connectivity index (χ1n) is 9.79. The van der Waals surface area contributed by atoms with E-state index >= 15 is 0 Å². The monoisotopic (exact) mass is 378 g/mol. The number of ether oxygens (including phenoxy) is 2. The van der Waals surface area contributed by atoms with Crippen LogP contribution in [0.4, 0.5) is 0 Å². The first kappa shape index (κ1) is 17.1. The van der Waals surface area contributed by atoms with Crippen molar-refractivity contribution >= 4 is 11.8 Å². The van der Waals surface area contributed by atoms with Gasteiger partial charge in [-0.1, -0.05) is 6.07 Å². The standard InChI is InChI=1S/C22H22N2O4/c25-21(17-5-4-15-2-1-3-16(15)12-17)23-8-10-24(11-9-23)22(26)18-6-7-19-20(13-18)28-14-27-19/h4-7,12-13H,1-3,8-11,14H2. The van der Waals surface area contributed by atoms with Crippen LogP contribution < -0.4 is 9.47 Å². The maximum absolute atomic E-state index is 12.9. The second-order valence-corrected chi connectivity index (χ2v) is 7.49. The molecule has 1 aliphatic carbocycles. The number of hydrogen-bond donors (Lipinski definition) is 0. The lowest BCUT2D eigenvalue weighted by molar-refractivity contribution is 0.0535. The van der Waals surface area contributed by atoms with Crippen molar-refractivity contribution < 1.29 is 19.1 Å². The van der Waals surface area contributed by atoms with Crippen LogP contribution >= 0.6 is 0 Å². The van der Waals surface area contributed by atoms with E-state index in [1.54, 1.807) is 23.1 Å². The first-order valence-corrected chi connectivity index (χ1v) is 9.79. The van der Waals surface area contributed by atoms with Crippen LogP contribution in [0.3, 0.4) is 0 Å². The number of rotatable bonds is 2. The predicted octanol–water partition coefficient (Wildman–Crippen LogP) is 2.50. The highest BCUT2D eigenvalue weighted by Gasteiger charge is 2.27. The molecule has 2 aromatic carbocycles. The summed E-state index contributed by atoms with van der Waals surface area (Å²) in [6.45, 7) is 2.35. The second-order valence-electron chi connectivity index (χ2n) is 7.49. The quantitative estimate of drug-likeness (QED) is 0.806. The molecule has 144 valence electrons. The van der Waals surface area contributed by atoms with Gasteiger partial charge in [-0.2, -0.15) is 0 Å². The van der Waals surface area contributed by atoms with Gasteiger partial charge in [0.05, 0.1) is 0 Å². The molecular formula is C22H22N2O4. The smallest absolute Gasteiger partial charge is 0.254 e. The molecule has 5 rings (SSSR count). The van der Waals surface area contributed by atoms with Gasteiger partial charge < -0.3 is 19.3 Å². The lowest BCUT2D eigenvalue weighted by atomic mass is 10.1. The third kappa shape index (κ3) is 2.99. The highest BCUT2D eigenvalue weighted by atomic mass is 16.7. The van der Waals surface area contributed by atoms with Gasteiger partial charge in [0.1, 0.15) is 0 Å². The van der Waals surface area contributed by atoms with Crippen LogP contribution in [0.1, 0.15) is 38.3 Å². The molecular weight excluding hydrogens is 356 g/mol. The van der Waals surface area contributed by atoms with Crippen molar-refractivity contribution in [1.29, 1.82) is 0 Å². The minimum absolute atomic E-state index is 0.0390. The largest absolute Gasteiger partial charge is 0.454 e. The summed E-state index contributed by atoms with van der Waals surface area (Å²) in [5.74, 6) is 1.30. The molecule has 1 saturated heterocycles. The molecule has 0 radical (unpaired) electrons. The third-order valence-electron chi connectivity index (χ3n) is 5.82. The number of piperazine rings is 1. The Bertz CT molecular complexity index is 870. The molecule has 0 aromatic heterocycles. The Labute approximate surface area is 163 Å². The van der Waals surface area contributed by atoms with Gasteiger partial charge in [-0.15, -0.1) is 0 Å². The van der Waals surface area contributed by atoms with Crippen molar-refractivity contribution in [2.24, 2.45) is 0 Å². The number of carbonyl (C=O) groups is 2. The van der Waals surface area contributed by atoms with E-state index in [1.165, 1.54) is 17.5 Å². The second kappa shape index (κ2) is 6.86. The van der Waals surface area contributed by atoms with Gasteiger partial charge in [-0.05, 0) is 60.7 Å². The van der Waals surface area contributed by atoms with Crippen LogP contribution in [0.5, 0.6) is 11.5 Å². The van der Waals surface area contributed by atoms with Gasteiger partial charge in [-0.25, -0.2) is 0 Å². The Hall–Kier alpha value is -3.02. The van der Waals surface area contributed by atoms with E-state index in [4.69, 9.17) is 9.47 Å². The third-order valence-corrected chi connectivity index (χ3v) is 5.82. The average molecular weight is 378 g/mol. The maximum Gasteiger partial charge on any atom is 0.254 e. The zero-order chi connectivity index (χ0) is 19.1. The van der Waals surface area contributed by atoms with Crippen LogP contribution in [-0.4, -0.2) is 54.6 Å². The molecule has 6 heteroatoms. The van der Waals surface area contributed by atoms with Gasteiger partial charge in [0, 0.05) is 37.3 Å². The summed E-state index contributed by atoms with van der Waals surface area (Å²) < 4.78 is 10.7. The fourth-order valence-corrected chi connectivity index (χ4v) is 4.21. The predicted molar refractivity (Wildman–Crippen MR) is 103 cm³/mol. The van der Waals surface area contributed by atoms with Crippen molar-refractivity contribution in [1.82, 2.24) is 9.80 Å². The Morgan fingerprint density at radius 1 is 0.714 bits per heavy atom. The SMILES string of the molecule is O=C(c1ccc2c(c1)CCC2)N1CCN(C(=O)c2ccc3c(c2)OCO3)CC1. The van der Waals surface area contributed by atoms with Gasteiger partial charge in [0.15, 0.2) is 11.5 Å². The van der Waals surface area contributed by atoms with E-state index < -0.39 is 0 Å². The molecule has 2 heterocycles. The fraction of sp³-hybridized carbons (Fsp3) is 0.364. The Balaban J connectivity index is 1.23. The van der Waals surface area contributed by atoms with Gasteiger partial charge in [-0.3, -0.25) is 9.59 Å². The van der Waals surface area contributed by atoms with E-state index in [1.807, 2.05) is 11.0 Å². The maximum atomic E-state index is 12.9. The first-order chi connectivity index (χ1) is 13.7. The molecule has 0 atom stereocenters. The Kier molecular flexibility index (Phi) is 4.19. The number of fused-ring (bicyclic) bond motifs is 2. The molecule has 0 spiro atoms. The van der Waals surface area contributed by atoms with E-state index in [-0.39, 0.29) is 18.6 Å². The number of carbonyl (C=O) groups excluding carboxylic acids is 2. The number of benzene rings is 2. The lowest BCUT2D eigenvalue weighted by Gasteiger charge is -2.35. The summed E-state index contributed by atoms with van der Waals surface area (Å²) >= 11 is 0. The molecule has 0 unspecified atom stereocenters. The van der Waals surface area contributed by atoms with Crippen LogP contribution in [0.15, 0.2) is 36.4 Å². The van der Waals surface area contributed by atoms with Crippen LogP contribution in [0, 0.1) is 0 Å². The summed E-state index contributed by atoms with van der Waals surface area (Å²) in [4.78, 5) is 29.3. The van der Waals surface area contributed by atoms with E-state index in [0.29, 0.717) is 43.2 Å². The molecule has 28 heavy (non-hydrogen) atoms. The molecule has 6 nitrogen and oxygen atoms in total. The lowest BCUT2D eigenvalue weighted by Crippen LogP contribution is -2.50. The minimum Gasteiger partial charge on any atom is -0.454 e. The molecule has 1 fully saturated rings. The zero-order valence-electron chi connectivity index (χ0n) is 15.6. The van der Waals surface area contributed by atoms with Crippen LogP contribution in [0.2, 0.25) is 0 Å². The van der Waals surface area contributed by atoms with Gasteiger partial charge >= 0.3 is 0 Å². The number of hydrogen-bond acceptors (Lipinski definition) is 4. The average Bonchev–Trinajstić information content (AvgIpc) is 3.40. The minimum atomic E-state index is -0.0390. The van der Waals surface area contributed by atoms with E-state index in [9.17, 15) is 9.59 Å². The van der Waals surface area contributed by atoms with Crippen molar-refractivity contribution in [2.45, 2.75) is 19.3 Å². The molecule has 2 amide bonds. The van der Waals surface area contributed by atoms with Crippen molar-refractivity contribution in [3.63, 3.8) is 0 Å². The zero-order valence-corrected chi connectivity index (χ0v) is 15.6. The topological polar surface area (TPSA) is 59.1 Å². The molecule has 2 aliphatic heterocycles. The molecule has 0 bridgehead atoms. The Morgan fingerprint density at radius 3 is 2.07 bits per heavy atom. The van der Waals surface area contributed by atoms with Crippen LogP contribution in [-0.2, 0) is 12.8 Å². The van der Waals surface area contributed by atoms with Gasteiger partial charge in [0.25, 0.3) is 11.8 Å². The van der Waals surface area contributed by atoms with Gasteiger partial charge in [0.2, 0.25) is 6.79 Å². The summed E-state index contributed by atoms with van der Waals surface area (Å²) in [6, 6.07) is 11.3. The van der Waals surface area contributed by atoms with Crippen LogP contribution in [0.25, 0.3) is 0 Å². The summed E-state index contributed by atoms with van der Waals surface area (Å²) in [5.41, 5.74) is 4.03. The normalized spacial score (nSPS) is 17.6. The highest BCUT2D eigenvalue weighted by Crippen LogP contribution is 2.33. The number of nitrogens with zero attached hydrogens (tertiary/aromatic N) is 2. The molecule has 3 aliphatic rings. The fourth-order valence-electron chi connectivity index (χ4n) is 4.21. The van der Waals surface area contributed by atoms with Crippen molar-refractivity contribution in [3.8, 4) is 11.5 Å². The Morgan fingerprint density at radius 2 is 1.32 bits per heavy atom. The van der Waals surface area contributed by atoms with Crippen molar-refractivity contribution in [3.05, 3.63) is 58.7 Å². The van der Waals surface area contributed by atoms with E-state index in [0.717, 1.165) is 18.4 Å². The van der Waals surface area contributed by atoms with E-state index in [2.05, 4.69) is 12.1 Å².